The van der Waals surface area contributed by atoms with Gasteiger partial charge in [-0.05, 0) is 35.9 Å². The number of anilines is 1. The van der Waals surface area contributed by atoms with Gasteiger partial charge in [-0.2, -0.15) is 0 Å². The van der Waals surface area contributed by atoms with Gasteiger partial charge in [0, 0.05) is 17.6 Å². The van der Waals surface area contributed by atoms with Gasteiger partial charge in [0.15, 0.2) is 0 Å². The van der Waals surface area contributed by atoms with E-state index in [2.05, 4.69) is 5.32 Å². The van der Waals surface area contributed by atoms with Crippen LogP contribution in [0.25, 0.3) is 0 Å². The lowest BCUT2D eigenvalue weighted by atomic mass is 9.84. The monoisotopic (exact) mass is 287 g/mol. The number of rotatable bonds is 5. The molecule has 2 rings (SSSR count). The Labute approximate surface area is 123 Å². The third kappa shape index (κ3) is 3.81. The highest BCUT2D eigenvalue weighted by atomic mass is 19.1. The maximum atomic E-state index is 13.0. The van der Waals surface area contributed by atoms with Crippen LogP contribution in [0, 0.1) is 5.82 Å². The maximum Gasteiger partial charge on any atom is 0.335 e. The van der Waals surface area contributed by atoms with Crippen molar-refractivity contribution in [2.75, 3.05) is 11.9 Å². The first-order chi connectivity index (χ1) is 9.88. The highest BCUT2D eigenvalue weighted by Gasteiger charge is 2.20. The molecule has 2 N–H and O–H groups in total. The second-order valence-electron chi connectivity index (χ2n) is 5.63. The van der Waals surface area contributed by atoms with E-state index in [4.69, 9.17) is 5.11 Å². The van der Waals surface area contributed by atoms with Crippen molar-refractivity contribution < 1.29 is 14.3 Å². The molecular formula is C17H18FNO2. The Morgan fingerprint density at radius 1 is 1.19 bits per heavy atom. The zero-order chi connectivity index (χ0) is 15.5. The molecule has 0 saturated heterocycles. The average Bonchev–Trinajstić information content (AvgIpc) is 2.46. The lowest BCUT2D eigenvalue weighted by Gasteiger charge is -2.26. The van der Waals surface area contributed by atoms with Gasteiger partial charge >= 0.3 is 5.97 Å². The van der Waals surface area contributed by atoms with Crippen LogP contribution in [-0.4, -0.2) is 17.6 Å². The fourth-order valence-electron chi connectivity index (χ4n) is 2.09. The van der Waals surface area contributed by atoms with Gasteiger partial charge in [-0.25, -0.2) is 9.18 Å². The Hall–Kier alpha value is -2.36. The van der Waals surface area contributed by atoms with Crippen molar-refractivity contribution in [2.24, 2.45) is 0 Å². The quantitative estimate of drug-likeness (QED) is 0.876. The summed E-state index contributed by atoms with van der Waals surface area (Å²) in [4.78, 5) is 10.9. The molecule has 2 aromatic carbocycles. The molecule has 0 aliphatic heterocycles. The van der Waals surface area contributed by atoms with Crippen LogP contribution >= 0.6 is 0 Å². The second-order valence-corrected chi connectivity index (χ2v) is 5.63. The van der Waals surface area contributed by atoms with Crippen LogP contribution in [0.2, 0.25) is 0 Å². The molecule has 0 spiro atoms. The number of carbonyl (C=O) groups is 1. The highest BCUT2D eigenvalue weighted by molar-refractivity contribution is 5.88. The summed E-state index contributed by atoms with van der Waals surface area (Å²) in [6, 6.07) is 13.1. The molecule has 0 aliphatic rings. The minimum Gasteiger partial charge on any atom is -0.478 e. The topological polar surface area (TPSA) is 49.3 Å². The van der Waals surface area contributed by atoms with Crippen LogP contribution < -0.4 is 5.32 Å². The molecule has 3 nitrogen and oxygen atoms in total. The first kappa shape index (κ1) is 15.0. The van der Waals surface area contributed by atoms with Gasteiger partial charge < -0.3 is 10.4 Å². The molecule has 0 atom stereocenters. The molecule has 0 amide bonds. The van der Waals surface area contributed by atoms with Crippen LogP contribution in [-0.2, 0) is 5.41 Å². The van der Waals surface area contributed by atoms with Gasteiger partial charge in [-0.3, -0.25) is 0 Å². The van der Waals surface area contributed by atoms with E-state index in [1.165, 1.54) is 12.1 Å². The van der Waals surface area contributed by atoms with Crippen molar-refractivity contribution >= 4 is 11.7 Å². The smallest absolute Gasteiger partial charge is 0.335 e. The predicted molar refractivity (Wildman–Crippen MR) is 81.3 cm³/mol. The van der Waals surface area contributed by atoms with Crippen LogP contribution in [0.1, 0.15) is 29.8 Å². The van der Waals surface area contributed by atoms with E-state index in [0.29, 0.717) is 6.54 Å². The van der Waals surface area contributed by atoms with Crippen LogP contribution in [0.15, 0.2) is 48.5 Å². The number of carboxylic acid groups (broad SMARTS) is 1. The van der Waals surface area contributed by atoms with E-state index >= 15 is 0 Å². The summed E-state index contributed by atoms with van der Waals surface area (Å²) < 4.78 is 13.0. The zero-order valence-corrected chi connectivity index (χ0v) is 12.1. The minimum absolute atomic E-state index is 0.201. The third-order valence-corrected chi connectivity index (χ3v) is 3.47. The van der Waals surface area contributed by atoms with Gasteiger partial charge in [-0.1, -0.05) is 32.0 Å². The Morgan fingerprint density at radius 2 is 1.86 bits per heavy atom. The minimum atomic E-state index is -0.948. The van der Waals surface area contributed by atoms with Crippen molar-refractivity contribution in [1.82, 2.24) is 0 Å². The maximum absolute atomic E-state index is 13.0. The molecule has 0 aliphatic carbocycles. The van der Waals surface area contributed by atoms with Crippen molar-refractivity contribution in [3.8, 4) is 0 Å². The summed E-state index contributed by atoms with van der Waals surface area (Å²) in [5, 5.41) is 12.2. The molecule has 0 radical (unpaired) electrons. The zero-order valence-electron chi connectivity index (χ0n) is 12.1. The Balaban J connectivity index is 2.09. The molecule has 0 saturated carbocycles. The highest BCUT2D eigenvalue weighted by Crippen LogP contribution is 2.24. The molecule has 0 aromatic heterocycles. The van der Waals surface area contributed by atoms with Crippen molar-refractivity contribution in [2.45, 2.75) is 19.3 Å². The second kappa shape index (κ2) is 5.95. The van der Waals surface area contributed by atoms with Crippen LogP contribution in [0.5, 0.6) is 0 Å². The number of hydrogen-bond acceptors (Lipinski definition) is 2. The molecule has 110 valence electrons. The van der Waals surface area contributed by atoms with Gasteiger partial charge in [-0.15, -0.1) is 0 Å². The predicted octanol–water partition coefficient (Wildman–Crippen LogP) is 3.91. The summed E-state index contributed by atoms with van der Waals surface area (Å²) in [6.45, 7) is 4.71. The van der Waals surface area contributed by atoms with E-state index < -0.39 is 5.97 Å². The molecule has 21 heavy (non-hydrogen) atoms. The number of carboxylic acids is 1. The molecule has 4 heteroatoms. The summed E-state index contributed by atoms with van der Waals surface area (Å²) >= 11 is 0. The third-order valence-electron chi connectivity index (χ3n) is 3.47. The SMILES string of the molecule is CC(C)(CNc1cccc(C(=O)O)c1)c1ccc(F)cc1. The van der Waals surface area contributed by atoms with Gasteiger partial charge in [0.25, 0.3) is 0 Å². The fraction of sp³-hybridized carbons (Fsp3) is 0.235. The summed E-state index contributed by atoms with van der Waals surface area (Å²) in [7, 11) is 0. The van der Waals surface area contributed by atoms with Gasteiger partial charge in [0.1, 0.15) is 5.82 Å². The van der Waals surface area contributed by atoms with E-state index in [0.717, 1.165) is 11.3 Å². The number of aromatic carboxylic acids is 1. The van der Waals surface area contributed by atoms with Gasteiger partial charge in [0.2, 0.25) is 0 Å². The number of halogens is 1. The molecule has 0 heterocycles. The van der Waals surface area contributed by atoms with Crippen LogP contribution in [0.3, 0.4) is 0 Å². The van der Waals surface area contributed by atoms with Crippen molar-refractivity contribution in [3.05, 3.63) is 65.5 Å². The lowest BCUT2D eigenvalue weighted by molar-refractivity contribution is 0.0697. The molecule has 2 aromatic rings. The van der Waals surface area contributed by atoms with E-state index in [1.807, 2.05) is 19.9 Å². The first-order valence-electron chi connectivity index (χ1n) is 6.72. The molecular weight excluding hydrogens is 269 g/mol. The molecule has 0 unspecified atom stereocenters. The normalized spacial score (nSPS) is 11.2. The standard InChI is InChI=1S/C17H18FNO2/c1-17(2,13-6-8-14(18)9-7-13)11-19-15-5-3-4-12(10-15)16(20)21/h3-10,19H,11H2,1-2H3,(H,20,21). The number of benzene rings is 2. The number of nitrogens with one attached hydrogen (secondary N) is 1. The number of hydrogen-bond donors (Lipinski definition) is 2. The lowest BCUT2D eigenvalue weighted by Crippen LogP contribution is -2.27. The summed E-state index contributed by atoms with van der Waals surface area (Å²) in [5.74, 6) is -1.20. The Bertz CT molecular complexity index is 635. The van der Waals surface area contributed by atoms with Gasteiger partial charge in [0.05, 0.1) is 5.56 Å². The molecule has 0 fully saturated rings. The fourth-order valence-corrected chi connectivity index (χ4v) is 2.09. The van der Waals surface area contributed by atoms with Crippen molar-refractivity contribution in [1.29, 1.82) is 0 Å². The first-order valence-corrected chi connectivity index (χ1v) is 6.72. The summed E-state index contributed by atoms with van der Waals surface area (Å²) in [5.41, 5.74) is 1.82. The van der Waals surface area contributed by atoms with E-state index in [1.54, 1.807) is 30.3 Å². The van der Waals surface area contributed by atoms with Crippen molar-refractivity contribution in [3.63, 3.8) is 0 Å². The Morgan fingerprint density at radius 3 is 2.48 bits per heavy atom. The largest absolute Gasteiger partial charge is 0.478 e. The van der Waals surface area contributed by atoms with Crippen LogP contribution in [0.4, 0.5) is 10.1 Å². The van der Waals surface area contributed by atoms with E-state index in [9.17, 15) is 9.18 Å². The molecule has 0 bridgehead atoms. The van der Waals surface area contributed by atoms with E-state index in [-0.39, 0.29) is 16.8 Å². The Kier molecular flexibility index (Phi) is 4.26. The average molecular weight is 287 g/mol. The summed E-state index contributed by atoms with van der Waals surface area (Å²) in [6.07, 6.45) is 0.